The van der Waals surface area contributed by atoms with E-state index >= 15 is 0 Å². The molecule has 0 radical (unpaired) electrons. The SMILES string of the molecule is COC(=O)c1cc(Cl)c(Cl)c(-c2cc(C)no2)c1C.COC1(OC)C2(Cl)C(Cl)=C(Cl)C1(Cl)C(c1cc(C)no1)C2C.C[O-].Cc1cc(C2C(C)C3(Cl)C(=O)C2(Cl)C(Cl)=C3Cl)on1.[Na+]. The fourth-order valence-electron chi connectivity index (χ4n) is 8.77. The third kappa shape index (κ3) is 7.97. The van der Waals surface area contributed by atoms with Gasteiger partial charge in [-0.3, -0.25) is 4.79 Å². The average molecular weight is 1080 g/mol. The van der Waals surface area contributed by atoms with Crippen LogP contribution in [0.4, 0.5) is 0 Å². The van der Waals surface area contributed by atoms with Crippen molar-refractivity contribution in [2.45, 2.75) is 78.7 Å². The Balaban J connectivity index is 0.000000202. The number of Topliss-reactive ketones (excluding diaryl/α,β-unsaturated/α-hetero) is 1. The van der Waals surface area contributed by atoms with E-state index < -0.39 is 43.1 Å². The van der Waals surface area contributed by atoms with Crippen molar-refractivity contribution in [3.63, 3.8) is 0 Å². The van der Waals surface area contributed by atoms with Crippen LogP contribution in [0.2, 0.25) is 10.0 Å². The molecule has 4 aromatic rings. The van der Waals surface area contributed by atoms with Crippen LogP contribution in [-0.4, -0.2) is 80.9 Å². The molecule has 8 unspecified atom stereocenters. The van der Waals surface area contributed by atoms with Crippen LogP contribution in [0.1, 0.15) is 70.2 Å². The van der Waals surface area contributed by atoms with E-state index in [0.29, 0.717) is 50.4 Å². The number of hydrogen-bond donors (Lipinski definition) is 0. The number of benzene rings is 1. The molecule has 2 saturated carbocycles. The van der Waals surface area contributed by atoms with Crippen LogP contribution in [0.5, 0.6) is 0 Å². The van der Waals surface area contributed by atoms with Crippen LogP contribution in [0.25, 0.3) is 11.3 Å². The van der Waals surface area contributed by atoms with Gasteiger partial charge in [0.15, 0.2) is 16.4 Å². The molecule has 3 heterocycles. The van der Waals surface area contributed by atoms with Crippen molar-refractivity contribution in [3.05, 3.63) is 94.2 Å². The van der Waals surface area contributed by atoms with E-state index in [1.165, 1.54) is 27.4 Å². The molecule has 0 saturated heterocycles. The second-order valence-corrected chi connectivity index (χ2v) is 19.5. The zero-order chi connectivity index (χ0) is 46.8. The van der Waals surface area contributed by atoms with Gasteiger partial charge in [0, 0.05) is 38.0 Å². The number of ketones is 1. The largest absolute Gasteiger partial charge is 1.00 e. The molecule has 12 nitrogen and oxygen atoms in total. The Kier molecular flexibility index (Phi) is 17.5. The van der Waals surface area contributed by atoms with E-state index in [0.717, 1.165) is 12.8 Å². The summed E-state index contributed by atoms with van der Waals surface area (Å²) in [5.41, 5.74) is 3.69. The fraction of sp³-hybridized carbons (Fsp3) is 0.475. The van der Waals surface area contributed by atoms with Gasteiger partial charge in [0.2, 0.25) is 5.79 Å². The number of esters is 1. The van der Waals surface area contributed by atoms with E-state index in [9.17, 15) is 9.59 Å². The van der Waals surface area contributed by atoms with E-state index in [1.807, 2.05) is 20.8 Å². The number of rotatable bonds is 6. The fourth-order valence-corrected chi connectivity index (χ4v) is 13.3. The number of carbonyl (C=O) groups excluding carboxylic acids is 2. The van der Waals surface area contributed by atoms with Gasteiger partial charge in [0.05, 0.1) is 71.8 Å². The number of hydrogen-bond acceptors (Lipinski definition) is 12. The maximum absolute atomic E-state index is 12.5. The minimum absolute atomic E-state index is 0. The molecule has 4 aliphatic carbocycles. The summed E-state index contributed by atoms with van der Waals surface area (Å²) in [7, 11) is 5.00. The minimum atomic E-state index is -1.45. The first kappa shape index (κ1) is 54.9. The Labute approximate surface area is 435 Å². The third-order valence-electron chi connectivity index (χ3n) is 11.6. The van der Waals surface area contributed by atoms with Gasteiger partial charge < -0.3 is 32.9 Å². The number of allylic oxidation sites excluding steroid dienone is 2. The van der Waals surface area contributed by atoms with Crippen LogP contribution in [0.3, 0.4) is 0 Å². The summed E-state index contributed by atoms with van der Waals surface area (Å²) in [6.45, 7) is 10.9. The molecule has 0 N–H and O–H groups in total. The van der Waals surface area contributed by atoms with Gasteiger partial charge in [-0.1, -0.05) is 98.9 Å². The Morgan fingerprint density at radius 1 is 0.667 bits per heavy atom. The van der Waals surface area contributed by atoms with Crippen molar-refractivity contribution >= 4 is 128 Å². The molecule has 23 heteroatoms. The Morgan fingerprint density at radius 2 is 1.13 bits per heavy atom. The summed E-state index contributed by atoms with van der Waals surface area (Å²) in [6.07, 6.45) is 0. The van der Waals surface area contributed by atoms with Gasteiger partial charge in [-0.05, 0) is 51.2 Å². The van der Waals surface area contributed by atoms with Crippen LogP contribution in [0, 0.1) is 39.5 Å². The number of alkyl halides is 4. The van der Waals surface area contributed by atoms with Gasteiger partial charge in [-0.25, -0.2) is 4.79 Å². The van der Waals surface area contributed by atoms with Crippen LogP contribution < -0.4 is 34.7 Å². The van der Waals surface area contributed by atoms with Crippen molar-refractivity contribution in [2.24, 2.45) is 11.8 Å². The number of nitrogens with zero attached hydrogens (tertiary/aromatic N) is 3. The Hall–Kier alpha value is -0.750. The average Bonchev–Trinajstić information content (AvgIpc) is 4.08. The summed E-state index contributed by atoms with van der Waals surface area (Å²) in [5, 5.41) is 21.1. The molecule has 1 aromatic carbocycles. The van der Waals surface area contributed by atoms with Gasteiger partial charge >= 0.3 is 35.5 Å². The molecule has 0 amide bonds. The van der Waals surface area contributed by atoms with Crippen molar-refractivity contribution in [1.29, 1.82) is 0 Å². The predicted molar refractivity (Wildman–Crippen MR) is 239 cm³/mol. The number of ether oxygens (including phenoxy) is 3. The van der Waals surface area contributed by atoms with E-state index in [4.69, 9.17) is 149 Å². The number of halogens is 10. The van der Waals surface area contributed by atoms with Gasteiger partial charge in [-0.2, -0.15) is 7.11 Å². The number of aromatic nitrogens is 3. The molecular weight excluding hydrogens is 1040 g/mol. The zero-order valence-corrected chi connectivity index (χ0v) is 45.0. The van der Waals surface area contributed by atoms with E-state index in [-0.39, 0.29) is 72.3 Å². The Bertz CT molecular complexity index is 2470. The minimum Gasteiger partial charge on any atom is -0.857 e. The molecule has 8 rings (SSSR count). The van der Waals surface area contributed by atoms with E-state index in [2.05, 4.69) is 15.5 Å². The van der Waals surface area contributed by atoms with Crippen LogP contribution in [-0.2, 0) is 19.0 Å². The van der Waals surface area contributed by atoms with Crippen molar-refractivity contribution in [2.75, 3.05) is 28.4 Å². The van der Waals surface area contributed by atoms with Crippen molar-refractivity contribution < 1.29 is 72.0 Å². The monoisotopic (exact) mass is 1080 g/mol. The zero-order valence-electron chi connectivity index (χ0n) is 35.4. The predicted octanol–water partition coefficient (Wildman–Crippen LogP) is 8.34. The topological polar surface area (TPSA) is 163 Å². The smallest absolute Gasteiger partial charge is 0.857 e. The molecule has 0 aliphatic heterocycles. The number of carbonyl (C=O) groups is 2. The normalized spacial score (nSPS) is 29.7. The Morgan fingerprint density at radius 3 is 1.54 bits per heavy atom. The summed E-state index contributed by atoms with van der Waals surface area (Å²) < 4.78 is 31.9. The van der Waals surface area contributed by atoms with Gasteiger partial charge in [0.1, 0.15) is 26.1 Å². The number of methoxy groups -OCH3 is 3. The maximum Gasteiger partial charge on any atom is 1.00 e. The molecule has 8 atom stereocenters. The molecule has 2 fully saturated rings. The number of fused-ring (bicyclic) bond motifs is 4. The first-order valence-corrected chi connectivity index (χ1v) is 22.0. The van der Waals surface area contributed by atoms with Crippen molar-refractivity contribution in [1.82, 2.24) is 15.5 Å². The van der Waals surface area contributed by atoms with Gasteiger partial charge in [0.25, 0.3) is 0 Å². The molecule has 4 bridgehead atoms. The van der Waals surface area contributed by atoms with Gasteiger partial charge in [-0.15, -0.1) is 46.4 Å². The standard InChI is InChI=1S/C14H15Cl4NO3.C13H11Cl2NO3.C12H9Cl4NO2.CH3O.Na/c1-6-5-8(22-19-6)9-7(2)12(17)10(15)11(16)13(9,18)14(12,20-3)21-4;1-6-4-10(19-16-6)11-7(2)8(13(17)18-3)5-9(14)12(11)15;1-4-3-6(19-17-4)7-5(2)11(15)8(13)9(14)12(7,16)10(11)18;1-2;/h5,7,9H,1-4H3;4-5H,1-3H3;3,5,7H,1-2H3;1H3;/q;;;-1;+1. The first-order chi connectivity index (χ1) is 28.9. The first-order valence-electron chi connectivity index (χ1n) is 18.2. The van der Waals surface area contributed by atoms with E-state index in [1.54, 1.807) is 39.0 Å². The van der Waals surface area contributed by atoms with Crippen molar-refractivity contribution in [3.8, 4) is 11.3 Å². The molecule has 3 aromatic heterocycles. The second kappa shape index (κ2) is 20.1. The van der Waals surface area contributed by atoms with Crippen LogP contribution >= 0.6 is 116 Å². The second-order valence-electron chi connectivity index (χ2n) is 14.8. The summed E-state index contributed by atoms with van der Waals surface area (Å²) >= 11 is 64.1. The molecule has 4 aliphatic rings. The molecule has 63 heavy (non-hydrogen) atoms. The number of aryl methyl sites for hydroxylation is 3. The third-order valence-corrected chi connectivity index (χ3v) is 17.7. The molecule has 0 spiro atoms. The maximum atomic E-state index is 12.5. The molecule has 338 valence electrons. The molecular formula is C40H38Cl10N3NaO9. The summed E-state index contributed by atoms with van der Waals surface area (Å²) in [6, 6.07) is 6.75. The summed E-state index contributed by atoms with van der Waals surface area (Å²) in [4.78, 5) is 18.9. The van der Waals surface area contributed by atoms with Crippen LogP contribution in [0.15, 0.2) is 58.0 Å². The quantitative estimate of drug-likeness (QED) is 0.0787. The summed E-state index contributed by atoms with van der Waals surface area (Å²) in [5.74, 6) is -2.21.